The quantitative estimate of drug-likeness (QED) is 0.743. The summed E-state index contributed by atoms with van der Waals surface area (Å²) in [7, 11) is 0. The predicted molar refractivity (Wildman–Crippen MR) is 69.3 cm³/mol. The molecule has 1 rings (SSSR count). The fourth-order valence-corrected chi connectivity index (χ4v) is 1.79. The molecule has 0 unspecified atom stereocenters. The van der Waals surface area contributed by atoms with Crippen LogP contribution in [0.4, 0.5) is 0 Å². The zero-order valence-electron chi connectivity index (χ0n) is 10.6. The molecular weight excluding hydrogens is 196 g/mol. The van der Waals surface area contributed by atoms with Gasteiger partial charge in [-0.2, -0.15) is 0 Å². The average Bonchev–Trinajstić information content (AvgIpc) is 2.26. The Kier molecular flexibility index (Phi) is 4.48. The Balaban J connectivity index is 2.93. The molecule has 16 heavy (non-hydrogen) atoms. The molecule has 0 bridgehead atoms. The molecule has 0 saturated carbocycles. The van der Waals surface area contributed by atoms with Crippen LogP contribution >= 0.6 is 0 Å². The van der Waals surface area contributed by atoms with Gasteiger partial charge in [0, 0.05) is 5.92 Å². The highest BCUT2D eigenvalue weighted by atomic mass is 16.1. The molecule has 0 aliphatic heterocycles. The first kappa shape index (κ1) is 12.7. The van der Waals surface area contributed by atoms with Gasteiger partial charge in [0.2, 0.25) is 0 Å². The maximum atomic E-state index is 11.3. The summed E-state index contributed by atoms with van der Waals surface area (Å²) in [4.78, 5) is 11.3. The van der Waals surface area contributed by atoms with Gasteiger partial charge in [0.05, 0.1) is 0 Å². The smallest absolute Gasteiger partial charge is 0.132 e. The van der Waals surface area contributed by atoms with Crippen molar-refractivity contribution in [1.82, 2.24) is 0 Å². The Hall–Kier alpha value is -1.37. The molecule has 1 atom stereocenters. The van der Waals surface area contributed by atoms with Crippen LogP contribution in [0.15, 0.2) is 30.3 Å². The predicted octanol–water partition coefficient (Wildman–Crippen LogP) is 4.01. The molecule has 0 aliphatic carbocycles. The van der Waals surface area contributed by atoms with Gasteiger partial charge in [0.1, 0.15) is 5.78 Å². The van der Waals surface area contributed by atoms with Gasteiger partial charge in [-0.15, -0.1) is 0 Å². The van der Waals surface area contributed by atoms with Gasteiger partial charge in [-0.3, -0.25) is 4.79 Å². The topological polar surface area (TPSA) is 17.1 Å². The van der Waals surface area contributed by atoms with Crippen LogP contribution in [0.5, 0.6) is 0 Å². The van der Waals surface area contributed by atoms with Crippen molar-refractivity contribution in [3.05, 3.63) is 41.5 Å². The number of carbonyl (C=O) groups is 1. The monoisotopic (exact) mass is 216 g/mol. The van der Waals surface area contributed by atoms with Crippen molar-refractivity contribution in [3.8, 4) is 0 Å². The fraction of sp³-hybridized carbons (Fsp3) is 0.400. The summed E-state index contributed by atoms with van der Waals surface area (Å²) in [6.07, 6.45) is 2.94. The van der Waals surface area contributed by atoms with E-state index in [9.17, 15) is 4.79 Å². The minimum atomic E-state index is 0.103. The Morgan fingerprint density at radius 1 is 1.38 bits per heavy atom. The minimum Gasteiger partial charge on any atom is -0.300 e. The second-order valence-electron chi connectivity index (χ2n) is 4.34. The molecule has 1 heteroatoms. The lowest BCUT2D eigenvalue weighted by molar-refractivity contribution is -0.120. The van der Waals surface area contributed by atoms with Gasteiger partial charge in [0.25, 0.3) is 0 Å². The number of Topliss-reactive ketones (excluding diaryl/α,β-unsaturated/α-hetero) is 1. The summed E-state index contributed by atoms with van der Waals surface area (Å²) < 4.78 is 0. The first-order chi connectivity index (χ1) is 7.56. The van der Waals surface area contributed by atoms with Crippen molar-refractivity contribution in [3.63, 3.8) is 0 Å². The largest absolute Gasteiger partial charge is 0.300 e. The number of hydrogen-bond donors (Lipinski definition) is 0. The summed E-state index contributed by atoms with van der Waals surface area (Å²) in [6.45, 7) is 7.80. The van der Waals surface area contributed by atoms with Gasteiger partial charge in [0.15, 0.2) is 0 Å². The number of aryl methyl sites for hydroxylation is 1. The fourth-order valence-electron chi connectivity index (χ4n) is 1.79. The molecule has 1 aromatic carbocycles. The van der Waals surface area contributed by atoms with Crippen LogP contribution in [0, 0.1) is 12.8 Å². The number of carbonyl (C=O) groups excluding carboxylic acids is 1. The highest BCUT2D eigenvalue weighted by Gasteiger charge is 2.12. The number of rotatable bonds is 4. The molecule has 1 aromatic rings. The Labute approximate surface area is 98.2 Å². The molecule has 0 spiro atoms. The van der Waals surface area contributed by atoms with Crippen molar-refractivity contribution in [1.29, 1.82) is 0 Å². The SMILES string of the molecule is C/C=C(/C[C@H](C)C(C)=O)c1ccccc1C. The zero-order valence-corrected chi connectivity index (χ0v) is 10.6. The molecular formula is C15H20O. The number of ketones is 1. The third-order valence-corrected chi connectivity index (χ3v) is 3.06. The van der Waals surface area contributed by atoms with Crippen molar-refractivity contribution in [2.24, 2.45) is 5.92 Å². The van der Waals surface area contributed by atoms with E-state index in [4.69, 9.17) is 0 Å². The van der Waals surface area contributed by atoms with Crippen LogP contribution in [0.3, 0.4) is 0 Å². The van der Waals surface area contributed by atoms with Crippen LogP contribution in [0.2, 0.25) is 0 Å². The second kappa shape index (κ2) is 5.64. The van der Waals surface area contributed by atoms with Crippen LogP contribution in [0.25, 0.3) is 5.57 Å². The Morgan fingerprint density at radius 3 is 2.50 bits per heavy atom. The van der Waals surface area contributed by atoms with E-state index in [0.717, 1.165) is 6.42 Å². The minimum absolute atomic E-state index is 0.103. The van der Waals surface area contributed by atoms with E-state index in [0.29, 0.717) is 0 Å². The van der Waals surface area contributed by atoms with Crippen LogP contribution in [-0.4, -0.2) is 5.78 Å². The van der Waals surface area contributed by atoms with Gasteiger partial charge in [-0.25, -0.2) is 0 Å². The first-order valence-corrected chi connectivity index (χ1v) is 5.78. The molecule has 0 saturated heterocycles. The number of benzene rings is 1. The third-order valence-electron chi connectivity index (χ3n) is 3.06. The lowest BCUT2D eigenvalue weighted by Gasteiger charge is -2.13. The molecule has 0 radical (unpaired) electrons. The molecule has 0 amide bonds. The van der Waals surface area contributed by atoms with Crippen LogP contribution in [-0.2, 0) is 4.79 Å². The summed E-state index contributed by atoms with van der Waals surface area (Å²) in [5.41, 5.74) is 3.80. The number of hydrogen-bond acceptors (Lipinski definition) is 1. The molecule has 86 valence electrons. The van der Waals surface area contributed by atoms with E-state index in [1.165, 1.54) is 16.7 Å². The van der Waals surface area contributed by atoms with Crippen molar-refractivity contribution < 1.29 is 4.79 Å². The first-order valence-electron chi connectivity index (χ1n) is 5.78. The van der Waals surface area contributed by atoms with E-state index in [2.05, 4.69) is 25.1 Å². The highest BCUT2D eigenvalue weighted by Crippen LogP contribution is 2.25. The van der Waals surface area contributed by atoms with Crippen molar-refractivity contribution in [2.45, 2.75) is 34.1 Å². The van der Waals surface area contributed by atoms with Crippen LogP contribution in [0.1, 0.15) is 38.3 Å². The maximum absolute atomic E-state index is 11.3. The van der Waals surface area contributed by atoms with Crippen LogP contribution < -0.4 is 0 Å². The van der Waals surface area contributed by atoms with Crippen molar-refractivity contribution >= 4 is 11.4 Å². The average molecular weight is 216 g/mol. The maximum Gasteiger partial charge on any atom is 0.132 e. The molecule has 0 fully saturated rings. The summed E-state index contributed by atoms with van der Waals surface area (Å²) >= 11 is 0. The van der Waals surface area contributed by atoms with Gasteiger partial charge < -0.3 is 0 Å². The zero-order chi connectivity index (χ0) is 12.1. The third kappa shape index (κ3) is 3.06. The standard InChI is InChI=1S/C15H20O/c1-5-14(10-12(3)13(4)16)15-9-7-6-8-11(15)2/h5-9,12H,10H2,1-4H3/b14-5-/t12-/m0/s1. The summed E-state index contributed by atoms with van der Waals surface area (Å²) in [6, 6.07) is 8.32. The Morgan fingerprint density at radius 2 is 2.00 bits per heavy atom. The van der Waals surface area contributed by atoms with Crippen molar-refractivity contribution in [2.75, 3.05) is 0 Å². The molecule has 0 heterocycles. The van der Waals surface area contributed by atoms with Gasteiger partial charge in [-0.05, 0) is 43.9 Å². The number of allylic oxidation sites excluding steroid dienone is 2. The second-order valence-corrected chi connectivity index (χ2v) is 4.34. The normalized spacial score (nSPS) is 13.6. The lowest BCUT2D eigenvalue weighted by Crippen LogP contribution is -2.07. The molecule has 1 nitrogen and oxygen atoms in total. The lowest BCUT2D eigenvalue weighted by atomic mass is 9.91. The van der Waals surface area contributed by atoms with E-state index in [1.54, 1.807) is 6.92 Å². The summed E-state index contributed by atoms with van der Waals surface area (Å²) in [5, 5.41) is 0. The Bertz CT molecular complexity index is 402. The van der Waals surface area contributed by atoms with E-state index in [1.807, 2.05) is 26.0 Å². The molecule has 0 aliphatic rings. The van der Waals surface area contributed by atoms with E-state index < -0.39 is 0 Å². The molecule has 0 N–H and O–H groups in total. The van der Waals surface area contributed by atoms with Gasteiger partial charge in [-0.1, -0.05) is 37.3 Å². The summed E-state index contributed by atoms with van der Waals surface area (Å²) in [5.74, 6) is 0.360. The van der Waals surface area contributed by atoms with Gasteiger partial charge >= 0.3 is 0 Å². The van der Waals surface area contributed by atoms with E-state index >= 15 is 0 Å². The highest BCUT2D eigenvalue weighted by molar-refractivity contribution is 5.81. The molecule has 0 aromatic heterocycles. The van der Waals surface area contributed by atoms with E-state index in [-0.39, 0.29) is 11.7 Å².